The number of ether oxygens (including phenoxy) is 1. The number of anilines is 3. The average Bonchev–Trinajstić information content (AvgIpc) is 2.66. The van der Waals surface area contributed by atoms with E-state index >= 15 is 0 Å². The highest BCUT2D eigenvalue weighted by Crippen LogP contribution is 2.17. The topological polar surface area (TPSA) is 79.5 Å². The summed E-state index contributed by atoms with van der Waals surface area (Å²) in [6.45, 7) is 8.05. The summed E-state index contributed by atoms with van der Waals surface area (Å²) in [4.78, 5) is 23.6. The van der Waals surface area contributed by atoms with Crippen LogP contribution in [-0.4, -0.2) is 25.0 Å². The lowest BCUT2D eigenvalue weighted by Crippen LogP contribution is -2.21. The number of benzene rings is 2. The first kappa shape index (κ1) is 20.0. The van der Waals surface area contributed by atoms with E-state index in [-0.39, 0.29) is 18.4 Å². The third-order valence-corrected chi connectivity index (χ3v) is 3.54. The van der Waals surface area contributed by atoms with Gasteiger partial charge >= 0.3 is 0 Å². The molecule has 0 heterocycles. The third-order valence-electron chi connectivity index (χ3n) is 3.54. The molecule has 0 bridgehead atoms. The molecule has 0 radical (unpaired) electrons. The van der Waals surface area contributed by atoms with E-state index in [4.69, 9.17) is 4.74 Å². The Morgan fingerprint density at radius 3 is 2.30 bits per heavy atom. The van der Waals surface area contributed by atoms with Crippen LogP contribution in [0.4, 0.5) is 17.1 Å². The molecule has 6 nitrogen and oxygen atoms in total. The van der Waals surface area contributed by atoms with Gasteiger partial charge in [0.25, 0.3) is 0 Å². The van der Waals surface area contributed by atoms with Crippen molar-refractivity contribution in [3.63, 3.8) is 0 Å². The minimum atomic E-state index is -0.173. The van der Waals surface area contributed by atoms with Crippen molar-refractivity contribution in [3.05, 3.63) is 60.7 Å². The van der Waals surface area contributed by atoms with Gasteiger partial charge in [0, 0.05) is 23.5 Å². The molecule has 2 aromatic carbocycles. The number of carbonyl (C=O) groups is 2. The smallest absolute Gasteiger partial charge is 0.243 e. The molecule has 0 aliphatic rings. The van der Waals surface area contributed by atoms with Crippen molar-refractivity contribution in [1.29, 1.82) is 0 Å². The molecule has 0 aliphatic carbocycles. The van der Waals surface area contributed by atoms with Crippen molar-refractivity contribution in [2.24, 2.45) is 0 Å². The fraction of sp³-hybridized carbons (Fsp3) is 0.238. The van der Waals surface area contributed by atoms with Crippen LogP contribution in [0.15, 0.2) is 60.7 Å². The van der Waals surface area contributed by atoms with Crippen molar-refractivity contribution in [3.8, 4) is 5.75 Å². The molecule has 6 heteroatoms. The molecule has 0 spiro atoms. The Labute approximate surface area is 159 Å². The molecule has 0 atom stereocenters. The summed E-state index contributed by atoms with van der Waals surface area (Å²) >= 11 is 0. The molecule has 0 saturated carbocycles. The van der Waals surface area contributed by atoms with Gasteiger partial charge in [0.1, 0.15) is 12.4 Å². The standard InChI is InChI=1S/C21H25N3O3/c1-4-20(25)24-18-7-5-6-17(12-18)22-13-21(26)23-16-8-10-19(11-9-16)27-14-15(2)3/h5-12,22H,2,4,13-14H2,1,3H3,(H,23,26)(H,24,25). The number of amides is 2. The Kier molecular flexibility index (Phi) is 7.43. The van der Waals surface area contributed by atoms with Gasteiger partial charge in [-0.15, -0.1) is 0 Å². The van der Waals surface area contributed by atoms with Crippen LogP contribution in [0, 0.1) is 0 Å². The summed E-state index contributed by atoms with van der Waals surface area (Å²) in [5.41, 5.74) is 3.07. The van der Waals surface area contributed by atoms with Crippen molar-refractivity contribution in [2.45, 2.75) is 20.3 Å². The minimum Gasteiger partial charge on any atom is -0.489 e. The van der Waals surface area contributed by atoms with Crippen LogP contribution in [0.5, 0.6) is 5.75 Å². The molecular weight excluding hydrogens is 342 g/mol. The number of carbonyl (C=O) groups excluding carboxylic acids is 2. The maximum absolute atomic E-state index is 12.1. The van der Waals surface area contributed by atoms with Gasteiger partial charge in [-0.1, -0.05) is 19.6 Å². The van der Waals surface area contributed by atoms with Crippen LogP contribution in [0.2, 0.25) is 0 Å². The van der Waals surface area contributed by atoms with Gasteiger partial charge in [0.15, 0.2) is 0 Å². The number of rotatable bonds is 9. The van der Waals surface area contributed by atoms with Crippen molar-refractivity contribution >= 4 is 28.9 Å². The first-order valence-corrected chi connectivity index (χ1v) is 8.77. The van der Waals surface area contributed by atoms with E-state index in [1.807, 2.05) is 19.1 Å². The Bertz CT molecular complexity index is 801. The average molecular weight is 367 g/mol. The highest BCUT2D eigenvalue weighted by molar-refractivity contribution is 5.94. The largest absolute Gasteiger partial charge is 0.489 e. The lowest BCUT2D eigenvalue weighted by molar-refractivity contribution is -0.116. The van der Waals surface area contributed by atoms with Crippen LogP contribution in [-0.2, 0) is 9.59 Å². The Hall–Kier alpha value is -3.28. The second-order valence-corrected chi connectivity index (χ2v) is 6.15. The van der Waals surface area contributed by atoms with Crippen LogP contribution >= 0.6 is 0 Å². The molecule has 0 fully saturated rings. The van der Waals surface area contributed by atoms with E-state index in [0.29, 0.717) is 24.4 Å². The predicted molar refractivity (Wildman–Crippen MR) is 109 cm³/mol. The van der Waals surface area contributed by atoms with Gasteiger partial charge in [-0.2, -0.15) is 0 Å². The van der Waals surface area contributed by atoms with E-state index in [2.05, 4.69) is 22.5 Å². The van der Waals surface area contributed by atoms with E-state index in [9.17, 15) is 9.59 Å². The summed E-state index contributed by atoms with van der Waals surface area (Å²) in [7, 11) is 0. The minimum absolute atomic E-state index is 0.0550. The molecule has 2 rings (SSSR count). The summed E-state index contributed by atoms with van der Waals surface area (Å²) in [5.74, 6) is 0.495. The molecule has 142 valence electrons. The SMILES string of the molecule is C=C(C)COc1ccc(NC(=O)CNc2cccc(NC(=O)CC)c2)cc1. The van der Waals surface area contributed by atoms with E-state index in [1.54, 1.807) is 43.3 Å². The van der Waals surface area contributed by atoms with Gasteiger partial charge in [-0.3, -0.25) is 9.59 Å². The van der Waals surface area contributed by atoms with Crippen LogP contribution in [0.3, 0.4) is 0 Å². The number of nitrogens with one attached hydrogen (secondary N) is 3. The van der Waals surface area contributed by atoms with Crippen molar-refractivity contribution in [2.75, 3.05) is 29.1 Å². The predicted octanol–water partition coefficient (Wildman–Crippen LogP) is 4.04. The normalized spacial score (nSPS) is 10.0. The second-order valence-electron chi connectivity index (χ2n) is 6.15. The molecule has 0 unspecified atom stereocenters. The molecular formula is C21H25N3O3. The van der Waals surface area contributed by atoms with Crippen LogP contribution < -0.4 is 20.7 Å². The lowest BCUT2D eigenvalue weighted by Gasteiger charge is -2.10. The highest BCUT2D eigenvalue weighted by Gasteiger charge is 2.04. The molecule has 2 aromatic rings. The van der Waals surface area contributed by atoms with E-state index in [1.165, 1.54) is 0 Å². The van der Waals surface area contributed by atoms with Gasteiger partial charge in [0.2, 0.25) is 11.8 Å². The monoisotopic (exact) mass is 367 g/mol. The maximum Gasteiger partial charge on any atom is 0.243 e. The molecule has 2 amide bonds. The molecule has 0 saturated heterocycles. The lowest BCUT2D eigenvalue weighted by atomic mass is 10.2. The second kappa shape index (κ2) is 10.0. The Balaban J connectivity index is 1.83. The Morgan fingerprint density at radius 2 is 1.63 bits per heavy atom. The van der Waals surface area contributed by atoms with E-state index in [0.717, 1.165) is 17.0 Å². The zero-order chi connectivity index (χ0) is 19.6. The van der Waals surface area contributed by atoms with Crippen molar-refractivity contribution < 1.29 is 14.3 Å². The molecule has 3 N–H and O–H groups in total. The molecule has 0 aliphatic heterocycles. The van der Waals surface area contributed by atoms with E-state index < -0.39 is 0 Å². The zero-order valence-electron chi connectivity index (χ0n) is 15.7. The third kappa shape index (κ3) is 7.23. The van der Waals surface area contributed by atoms with Crippen LogP contribution in [0.25, 0.3) is 0 Å². The first-order valence-electron chi connectivity index (χ1n) is 8.77. The maximum atomic E-state index is 12.1. The quantitative estimate of drug-likeness (QED) is 0.585. The summed E-state index contributed by atoms with van der Waals surface area (Å²) in [5, 5.41) is 8.64. The Morgan fingerprint density at radius 1 is 0.963 bits per heavy atom. The highest BCUT2D eigenvalue weighted by atomic mass is 16.5. The summed E-state index contributed by atoms with van der Waals surface area (Å²) < 4.78 is 5.52. The fourth-order valence-corrected chi connectivity index (χ4v) is 2.18. The zero-order valence-corrected chi connectivity index (χ0v) is 15.7. The van der Waals surface area contributed by atoms with Gasteiger partial charge in [-0.05, 0) is 55.0 Å². The van der Waals surface area contributed by atoms with Gasteiger partial charge < -0.3 is 20.7 Å². The number of hydrogen-bond donors (Lipinski definition) is 3. The van der Waals surface area contributed by atoms with Crippen LogP contribution in [0.1, 0.15) is 20.3 Å². The first-order chi connectivity index (χ1) is 13.0. The summed E-state index contributed by atoms with van der Waals surface area (Å²) in [6.07, 6.45) is 0.414. The fourth-order valence-electron chi connectivity index (χ4n) is 2.18. The molecule has 0 aromatic heterocycles. The number of hydrogen-bond acceptors (Lipinski definition) is 4. The summed E-state index contributed by atoms with van der Waals surface area (Å²) in [6, 6.07) is 14.4. The van der Waals surface area contributed by atoms with Crippen molar-refractivity contribution in [1.82, 2.24) is 0 Å². The van der Waals surface area contributed by atoms with Gasteiger partial charge in [0.05, 0.1) is 6.54 Å². The molecule has 27 heavy (non-hydrogen) atoms. The van der Waals surface area contributed by atoms with Gasteiger partial charge in [-0.25, -0.2) is 0 Å².